The molecule has 7 nitrogen and oxygen atoms in total. The highest BCUT2D eigenvalue weighted by atomic mass is 32.2. The quantitative estimate of drug-likeness (QED) is 0.516. The Morgan fingerprint density at radius 2 is 1.25 bits per heavy atom. The smallest absolute Gasteiger partial charge is 0.267 e. The summed E-state index contributed by atoms with van der Waals surface area (Å²) in [6.45, 7) is 0. The Kier molecular flexibility index (Phi) is 6.90. The van der Waals surface area contributed by atoms with Gasteiger partial charge in [-0.15, -0.1) is 0 Å². The molecule has 2 N–H and O–H groups in total. The fourth-order valence-electron chi connectivity index (χ4n) is 2.35. The Morgan fingerprint density at radius 3 is 1.69 bits per heavy atom. The summed E-state index contributed by atoms with van der Waals surface area (Å²) >= 11 is 0. The maximum absolute atomic E-state index is 12.9. The van der Waals surface area contributed by atoms with Crippen LogP contribution >= 0.6 is 0 Å². The van der Waals surface area contributed by atoms with Gasteiger partial charge in [0.05, 0.1) is 16.0 Å². The maximum Gasteiger partial charge on any atom is 0.416 e. The van der Waals surface area contributed by atoms with Gasteiger partial charge >= 0.3 is 12.4 Å². The van der Waals surface area contributed by atoms with E-state index >= 15 is 0 Å². The van der Waals surface area contributed by atoms with Crippen LogP contribution in [0.4, 0.5) is 26.3 Å². The first-order chi connectivity index (χ1) is 14.5. The number of hydrogen-bond donors (Lipinski definition) is 2. The van der Waals surface area contributed by atoms with Crippen molar-refractivity contribution in [2.45, 2.75) is 17.2 Å². The monoisotopic (exact) mass is 483 g/mol. The summed E-state index contributed by atoms with van der Waals surface area (Å²) < 4.78 is 103. The first-order valence-corrected chi connectivity index (χ1v) is 9.90. The molecule has 0 saturated carbocycles. The molecule has 2 aromatic carbocycles. The van der Waals surface area contributed by atoms with Gasteiger partial charge in [0.15, 0.2) is 0 Å². The molecule has 0 saturated heterocycles. The van der Waals surface area contributed by atoms with Gasteiger partial charge in [0.25, 0.3) is 11.8 Å². The van der Waals surface area contributed by atoms with Crippen LogP contribution in [0, 0.1) is 0 Å². The van der Waals surface area contributed by atoms with Crippen LogP contribution in [-0.2, 0) is 22.4 Å². The highest BCUT2D eigenvalue weighted by Crippen LogP contribution is 2.36. The van der Waals surface area contributed by atoms with Gasteiger partial charge in [-0.3, -0.25) is 20.4 Å². The van der Waals surface area contributed by atoms with Gasteiger partial charge in [-0.05, 0) is 36.4 Å². The number of carbonyl (C=O) groups is 2. The number of hydrogen-bond acceptors (Lipinski definition) is 4. The molecular weight excluding hydrogens is 468 g/mol. The van der Waals surface area contributed by atoms with E-state index in [1.807, 2.05) is 5.43 Å². The van der Waals surface area contributed by atoms with Crippen molar-refractivity contribution in [1.29, 1.82) is 0 Å². The number of alkyl halides is 6. The van der Waals surface area contributed by atoms with Crippen molar-refractivity contribution in [2.75, 3.05) is 14.1 Å². The minimum atomic E-state index is -5.15. The van der Waals surface area contributed by atoms with Crippen LogP contribution in [0.3, 0.4) is 0 Å². The summed E-state index contributed by atoms with van der Waals surface area (Å²) in [4.78, 5) is 24.0. The first kappa shape index (κ1) is 25.1. The molecule has 0 spiro atoms. The zero-order valence-corrected chi connectivity index (χ0v) is 17.1. The van der Waals surface area contributed by atoms with E-state index in [2.05, 4.69) is 0 Å². The van der Waals surface area contributed by atoms with Gasteiger partial charge in [0.1, 0.15) is 0 Å². The van der Waals surface area contributed by atoms with Crippen LogP contribution in [0.5, 0.6) is 0 Å². The summed E-state index contributed by atoms with van der Waals surface area (Å²) in [5.41, 5.74) is -1.14. The Hall–Kier alpha value is -3.13. The second-order valence-corrected chi connectivity index (χ2v) is 8.67. The molecule has 0 unspecified atom stereocenters. The standard InChI is InChI=1S/C18H15F6N3O4S/c1-27(2)32(30,31)14-5-3-4-10(8-14)15(28)25-26-16(29)11-6-12(17(19,20)21)9-13(7-11)18(22,23)24/h3-9H,1-2H3,(H,25,28)(H,26,29). The number of nitrogens with one attached hydrogen (secondary N) is 2. The molecule has 2 aromatic rings. The lowest BCUT2D eigenvalue weighted by atomic mass is 10.0. The molecule has 0 fully saturated rings. The average molecular weight is 483 g/mol. The average Bonchev–Trinajstić information content (AvgIpc) is 2.70. The number of hydrazine groups is 1. The fraction of sp³-hybridized carbons (Fsp3) is 0.222. The molecule has 0 aliphatic carbocycles. The second kappa shape index (κ2) is 8.78. The first-order valence-electron chi connectivity index (χ1n) is 8.46. The molecule has 0 aliphatic rings. The van der Waals surface area contributed by atoms with Gasteiger partial charge in [-0.1, -0.05) is 6.07 Å². The number of rotatable bonds is 4. The van der Waals surface area contributed by atoms with Crippen molar-refractivity contribution in [2.24, 2.45) is 0 Å². The molecule has 0 heterocycles. The number of amides is 2. The molecule has 2 amide bonds. The number of benzene rings is 2. The van der Waals surface area contributed by atoms with Crippen LogP contribution in [0.15, 0.2) is 47.4 Å². The third-order valence-electron chi connectivity index (χ3n) is 4.01. The van der Waals surface area contributed by atoms with Gasteiger partial charge < -0.3 is 0 Å². The Balaban J connectivity index is 2.25. The van der Waals surface area contributed by atoms with Crippen LogP contribution in [0.1, 0.15) is 31.8 Å². The van der Waals surface area contributed by atoms with E-state index in [-0.39, 0.29) is 28.7 Å². The topological polar surface area (TPSA) is 95.6 Å². The third-order valence-corrected chi connectivity index (χ3v) is 5.83. The number of sulfonamides is 1. The van der Waals surface area contributed by atoms with Crippen LogP contribution in [0.2, 0.25) is 0 Å². The lowest BCUT2D eigenvalue weighted by Gasteiger charge is -2.15. The van der Waals surface area contributed by atoms with Crippen molar-refractivity contribution in [1.82, 2.24) is 15.2 Å². The predicted octanol–water partition coefficient (Wildman–Crippen LogP) is 3.05. The minimum Gasteiger partial charge on any atom is -0.267 e. The Morgan fingerprint density at radius 1 is 0.781 bits per heavy atom. The minimum absolute atomic E-state index is 0.147. The zero-order valence-electron chi connectivity index (χ0n) is 16.3. The van der Waals surface area contributed by atoms with Crippen LogP contribution < -0.4 is 10.9 Å². The SMILES string of the molecule is CN(C)S(=O)(=O)c1cccc(C(=O)NNC(=O)c2cc(C(F)(F)F)cc(C(F)(F)F)c2)c1. The van der Waals surface area contributed by atoms with Gasteiger partial charge in [-0.2, -0.15) is 26.3 Å². The summed E-state index contributed by atoms with van der Waals surface area (Å²) in [5, 5.41) is 0. The third kappa shape index (κ3) is 5.76. The highest BCUT2D eigenvalue weighted by molar-refractivity contribution is 7.89. The van der Waals surface area contributed by atoms with E-state index in [9.17, 15) is 44.3 Å². The summed E-state index contributed by atoms with van der Waals surface area (Å²) in [7, 11) is -1.38. The lowest BCUT2D eigenvalue weighted by molar-refractivity contribution is -0.143. The van der Waals surface area contributed by atoms with Gasteiger partial charge in [-0.25, -0.2) is 12.7 Å². The fourth-order valence-corrected chi connectivity index (χ4v) is 3.30. The molecule has 32 heavy (non-hydrogen) atoms. The van der Waals surface area contributed by atoms with Crippen molar-refractivity contribution < 1.29 is 44.3 Å². The number of nitrogens with zero attached hydrogens (tertiary/aromatic N) is 1. The molecule has 0 radical (unpaired) electrons. The van der Waals surface area contributed by atoms with E-state index in [4.69, 9.17) is 0 Å². The number of halogens is 6. The van der Waals surface area contributed by atoms with Crippen LogP contribution in [-0.4, -0.2) is 38.6 Å². The number of carbonyl (C=O) groups excluding carboxylic acids is 2. The molecule has 2 rings (SSSR count). The van der Waals surface area contributed by atoms with E-state index < -0.39 is 50.9 Å². The molecule has 0 bridgehead atoms. The molecule has 0 atom stereocenters. The molecule has 0 aliphatic heterocycles. The zero-order chi connectivity index (χ0) is 24.5. The van der Waals surface area contributed by atoms with Crippen molar-refractivity contribution >= 4 is 21.8 Å². The van der Waals surface area contributed by atoms with E-state index in [1.165, 1.54) is 32.3 Å². The Labute approximate surface area is 178 Å². The highest BCUT2D eigenvalue weighted by Gasteiger charge is 2.37. The van der Waals surface area contributed by atoms with Gasteiger partial charge in [0.2, 0.25) is 10.0 Å². The Bertz CT molecular complexity index is 1110. The second-order valence-electron chi connectivity index (χ2n) is 6.52. The molecule has 14 heteroatoms. The maximum atomic E-state index is 12.9. The normalized spacial score (nSPS) is 12.5. The molecular formula is C18H15F6N3O4S. The van der Waals surface area contributed by atoms with Crippen molar-refractivity contribution in [3.05, 3.63) is 64.7 Å². The van der Waals surface area contributed by atoms with Crippen molar-refractivity contribution in [3.63, 3.8) is 0 Å². The van der Waals surface area contributed by atoms with Crippen molar-refractivity contribution in [3.8, 4) is 0 Å². The molecule has 0 aromatic heterocycles. The van der Waals surface area contributed by atoms with Gasteiger partial charge in [0, 0.05) is 25.2 Å². The van der Waals surface area contributed by atoms with E-state index in [0.717, 1.165) is 10.4 Å². The predicted molar refractivity (Wildman–Crippen MR) is 98.7 cm³/mol. The summed E-state index contributed by atoms with van der Waals surface area (Å²) in [5.74, 6) is -2.51. The van der Waals surface area contributed by atoms with E-state index in [1.54, 1.807) is 5.43 Å². The largest absolute Gasteiger partial charge is 0.416 e. The van der Waals surface area contributed by atoms with Crippen LogP contribution in [0.25, 0.3) is 0 Å². The molecule has 174 valence electrons. The summed E-state index contributed by atoms with van der Waals surface area (Å²) in [6.07, 6.45) is -10.3. The lowest BCUT2D eigenvalue weighted by Crippen LogP contribution is -2.41. The summed E-state index contributed by atoms with van der Waals surface area (Å²) in [6, 6.07) is 4.83. The van der Waals surface area contributed by atoms with E-state index in [0.29, 0.717) is 0 Å².